The summed E-state index contributed by atoms with van der Waals surface area (Å²) in [6.07, 6.45) is -0.475. The third-order valence-electron chi connectivity index (χ3n) is 2.47. The number of nitrogen functional groups attached to an aromatic ring is 1. The van der Waals surface area contributed by atoms with Gasteiger partial charge in [-0.1, -0.05) is 0 Å². The fourth-order valence-corrected chi connectivity index (χ4v) is 1.66. The number of rotatable bonds is 1. The molecule has 1 aliphatic heterocycles. The van der Waals surface area contributed by atoms with E-state index in [1.54, 1.807) is 4.90 Å². The zero-order chi connectivity index (χ0) is 12.3. The van der Waals surface area contributed by atoms with E-state index in [-0.39, 0.29) is 11.4 Å². The van der Waals surface area contributed by atoms with Gasteiger partial charge in [0, 0.05) is 44.0 Å². The van der Waals surface area contributed by atoms with E-state index in [0.29, 0.717) is 13.1 Å². The number of hydrogen-bond acceptors (Lipinski definition) is 4. The van der Waals surface area contributed by atoms with Crippen molar-refractivity contribution in [2.24, 2.45) is 0 Å². The number of amides is 1. The number of carbonyl (C=O) groups is 1. The van der Waals surface area contributed by atoms with Crippen LogP contribution < -0.4 is 15.8 Å². The minimum Gasteiger partial charge on any atom is -0.410 e. The van der Waals surface area contributed by atoms with Gasteiger partial charge in [-0.3, -0.25) is 0 Å². The molecule has 1 aliphatic rings. The molecule has 0 spiro atoms. The molecule has 5 nitrogen and oxygen atoms in total. The van der Waals surface area contributed by atoms with Gasteiger partial charge in [0.25, 0.3) is 0 Å². The number of halogens is 1. The van der Waals surface area contributed by atoms with Gasteiger partial charge < -0.3 is 20.7 Å². The van der Waals surface area contributed by atoms with Gasteiger partial charge in [0.05, 0.1) is 0 Å². The van der Waals surface area contributed by atoms with Gasteiger partial charge in [-0.05, 0) is 6.07 Å². The van der Waals surface area contributed by atoms with Crippen LogP contribution in [0.5, 0.6) is 5.75 Å². The quantitative estimate of drug-likeness (QED) is 0.712. The Labute approximate surface area is 98.3 Å². The first-order chi connectivity index (χ1) is 8.15. The summed E-state index contributed by atoms with van der Waals surface area (Å²) in [5, 5.41) is 3.12. The van der Waals surface area contributed by atoms with Crippen molar-refractivity contribution in [3.05, 3.63) is 24.0 Å². The summed E-state index contributed by atoms with van der Waals surface area (Å²) in [6, 6.07) is 3.72. The van der Waals surface area contributed by atoms with Crippen molar-refractivity contribution in [2.75, 3.05) is 31.9 Å². The van der Waals surface area contributed by atoms with Crippen molar-refractivity contribution in [1.29, 1.82) is 0 Å². The second-order valence-electron chi connectivity index (χ2n) is 3.83. The number of nitrogens with zero attached hydrogens (tertiary/aromatic N) is 1. The largest absolute Gasteiger partial charge is 0.415 e. The number of anilines is 1. The smallest absolute Gasteiger partial charge is 0.410 e. The highest BCUT2D eigenvalue weighted by Crippen LogP contribution is 2.18. The van der Waals surface area contributed by atoms with Gasteiger partial charge in [0.2, 0.25) is 0 Å². The maximum absolute atomic E-state index is 13.0. The van der Waals surface area contributed by atoms with E-state index in [2.05, 4.69) is 5.32 Å². The first-order valence-electron chi connectivity index (χ1n) is 5.39. The molecule has 3 N–H and O–H groups in total. The van der Waals surface area contributed by atoms with E-state index in [1.165, 1.54) is 12.1 Å². The zero-order valence-corrected chi connectivity index (χ0v) is 9.28. The van der Waals surface area contributed by atoms with Gasteiger partial charge >= 0.3 is 6.09 Å². The molecule has 0 atom stereocenters. The van der Waals surface area contributed by atoms with E-state index in [4.69, 9.17) is 10.5 Å². The van der Waals surface area contributed by atoms with Crippen LogP contribution in [0.15, 0.2) is 18.2 Å². The van der Waals surface area contributed by atoms with Crippen molar-refractivity contribution >= 4 is 11.8 Å². The number of benzene rings is 1. The van der Waals surface area contributed by atoms with E-state index in [0.717, 1.165) is 19.2 Å². The van der Waals surface area contributed by atoms with Crippen LogP contribution >= 0.6 is 0 Å². The Bertz CT molecular complexity index is 399. The number of nitrogens with one attached hydrogen (secondary N) is 1. The first kappa shape index (κ1) is 11.7. The van der Waals surface area contributed by atoms with Crippen LogP contribution in [-0.2, 0) is 0 Å². The molecule has 1 aromatic carbocycles. The van der Waals surface area contributed by atoms with Crippen LogP contribution in [0.25, 0.3) is 0 Å². The van der Waals surface area contributed by atoms with Crippen molar-refractivity contribution in [1.82, 2.24) is 10.2 Å². The highest BCUT2D eigenvalue weighted by molar-refractivity contribution is 5.71. The second-order valence-corrected chi connectivity index (χ2v) is 3.83. The van der Waals surface area contributed by atoms with Gasteiger partial charge in [0.15, 0.2) is 0 Å². The lowest BCUT2D eigenvalue weighted by atomic mass is 10.3. The first-order valence-corrected chi connectivity index (χ1v) is 5.39. The lowest BCUT2D eigenvalue weighted by Crippen LogP contribution is -2.47. The summed E-state index contributed by atoms with van der Waals surface area (Å²) in [5.41, 5.74) is 5.69. The summed E-state index contributed by atoms with van der Waals surface area (Å²) in [7, 11) is 0. The normalized spacial score (nSPS) is 15.7. The lowest BCUT2D eigenvalue weighted by molar-refractivity contribution is 0.146. The molecule has 0 radical (unpaired) electrons. The molecule has 2 rings (SSSR count). The molecule has 1 heterocycles. The molecule has 17 heavy (non-hydrogen) atoms. The molecule has 92 valence electrons. The van der Waals surface area contributed by atoms with Gasteiger partial charge in [-0.15, -0.1) is 0 Å². The van der Waals surface area contributed by atoms with Crippen LogP contribution in [-0.4, -0.2) is 37.2 Å². The van der Waals surface area contributed by atoms with Crippen LogP contribution in [0.2, 0.25) is 0 Å². The number of hydrogen-bond donors (Lipinski definition) is 2. The van der Waals surface area contributed by atoms with Gasteiger partial charge in [-0.25, -0.2) is 9.18 Å². The topological polar surface area (TPSA) is 67.6 Å². The molecule has 0 aliphatic carbocycles. The van der Waals surface area contributed by atoms with E-state index < -0.39 is 11.9 Å². The van der Waals surface area contributed by atoms with E-state index >= 15 is 0 Å². The highest BCUT2D eigenvalue weighted by Gasteiger charge is 2.18. The Morgan fingerprint density at radius 2 is 2.06 bits per heavy atom. The monoisotopic (exact) mass is 239 g/mol. The molecular weight excluding hydrogens is 225 g/mol. The average molecular weight is 239 g/mol. The molecule has 0 bridgehead atoms. The Hall–Kier alpha value is -1.82. The van der Waals surface area contributed by atoms with Gasteiger partial charge in [-0.2, -0.15) is 0 Å². The molecule has 0 unspecified atom stereocenters. The molecule has 1 amide bonds. The lowest BCUT2D eigenvalue weighted by Gasteiger charge is -2.26. The summed E-state index contributed by atoms with van der Waals surface area (Å²) < 4.78 is 18.1. The Kier molecular flexibility index (Phi) is 3.43. The summed E-state index contributed by atoms with van der Waals surface area (Å²) >= 11 is 0. The Morgan fingerprint density at radius 3 is 2.71 bits per heavy atom. The average Bonchev–Trinajstić information content (AvgIpc) is 2.28. The predicted molar refractivity (Wildman–Crippen MR) is 61.3 cm³/mol. The predicted octanol–water partition coefficient (Wildman–Crippen LogP) is 0.812. The Balaban J connectivity index is 2.01. The molecule has 6 heteroatoms. The molecule has 1 saturated heterocycles. The Morgan fingerprint density at radius 1 is 1.35 bits per heavy atom. The number of piperazine rings is 1. The van der Waals surface area contributed by atoms with E-state index in [9.17, 15) is 9.18 Å². The fraction of sp³-hybridized carbons (Fsp3) is 0.364. The number of nitrogens with two attached hydrogens (primary N) is 1. The van der Waals surface area contributed by atoms with Gasteiger partial charge in [0.1, 0.15) is 11.6 Å². The van der Waals surface area contributed by atoms with Crippen molar-refractivity contribution in [3.63, 3.8) is 0 Å². The van der Waals surface area contributed by atoms with Crippen LogP contribution in [0.3, 0.4) is 0 Å². The minimum atomic E-state index is -0.520. The highest BCUT2D eigenvalue weighted by atomic mass is 19.1. The van der Waals surface area contributed by atoms with Crippen molar-refractivity contribution < 1.29 is 13.9 Å². The summed E-state index contributed by atoms with van der Waals surface area (Å²) in [6.45, 7) is 2.65. The molecule has 0 aromatic heterocycles. The summed E-state index contributed by atoms with van der Waals surface area (Å²) in [5.74, 6) is -0.390. The summed E-state index contributed by atoms with van der Waals surface area (Å²) in [4.78, 5) is 13.3. The van der Waals surface area contributed by atoms with Crippen LogP contribution in [0.1, 0.15) is 0 Å². The minimum absolute atomic E-state index is 0.131. The van der Waals surface area contributed by atoms with E-state index in [1.807, 2.05) is 0 Å². The SMILES string of the molecule is Nc1cc(F)cc(OC(=O)N2CCNCC2)c1. The zero-order valence-electron chi connectivity index (χ0n) is 9.28. The van der Waals surface area contributed by atoms with Crippen LogP contribution in [0, 0.1) is 5.82 Å². The van der Waals surface area contributed by atoms with Crippen molar-refractivity contribution in [2.45, 2.75) is 0 Å². The number of ether oxygens (including phenoxy) is 1. The maximum atomic E-state index is 13.0. The molecule has 1 fully saturated rings. The third-order valence-corrected chi connectivity index (χ3v) is 2.47. The fourth-order valence-electron chi connectivity index (χ4n) is 1.66. The maximum Gasteiger partial charge on any atom is 0.415 e. The second kappa shape index (κ2) is 5.01. The van der Waals surface area contributed by atoms with Crippen LogP contribution in [0.4, 0.5) is 14.9 Å². The third kappa shape index (κ3) is 3.07. The molecule has 0 saturated carbocycles. The standard InChI is InChI=1S/C11H14FN3O2/c12-8-5-9(13)7-10(6-8)17-11(16)15-3-1-14-2-4-15/h5-7,14H,1-4,13H2. The molecular formula is C11H14FN3O2. The van der Waals surface area contributed by atoms with Crippen molar-refractivity contribution in [3.8, 4) is 5.75 Å². The number of carbonyl (C=O) groups excluding carboxylic acids is 1. The molecule has 1 aromatic rings.